The van der Waals surface area contributed by atoms with E-state index in [9.17, 15) is 0 Å². The molecular weight excluding hydrogens is 733 g/mol. The molecule has 1 aliphatic carbocycles. The lowest BCUT2D eigenvalue weighted by Gasteiger charge is -2.36. The smallest absolute Gasteiger partial charge is 0.0640 e. The molecule has 296 valence electrons. The van der Waals surface area contributed by atoms with Crippen molar-refractivity contribution in [3.8, 4) is 0 Å². The fourth-order valence-electron chi connectivity index (χ4n) is 9.84. The highest BCUT2D eigenvalue weighted by molar-refractivity contribution is 7.26. The Bertz CT molecular complexity index is 2530. The molecule has 8 aromatic rings. The topological polar surface area (TPSA) is 6.48 Å². The molecule has 9 rings (SSSR count). The van der Waals surface area contributed by atoms with Crippen LogP contribution in [-0.4, -0.2) is 0 Å². The van der Waals surface area contributed by atoms with Crippen molar-refractivity contribution in [2.24, 2.45) is 0 Å². The molecule has 0 N–H and O–H groups in total. The minimum absolute atomic E-state index is 0.103. The van der Waals surface area contributed by atoms with Gasteiger partial charge in [0.25, 0.3) is 0 Å². The van der Waals surface area contributed by atoms with E-state index in [-0.39, 0.29) is 5.41 Å². The molecule has 1 aliphatic rings. The lowest BCUT2D eigenvalue weighted by molar-refractivity contribution is 0.431. The van der Waals surface area contributed by atoms with E-state index >= 15 is 0 Å². The van der Waals surface area contributed by atoms with Crippen LogP contribution in [0.15, 0.2) is 176 Å². The van der Waals surface area contributed by atoms with Crippen LogP contribution in [0.5, 0.6) is 0 Å². The summed E-state index contributed by atoms with van der Waals surface area (Å²) in [5, 5.41) is 2.66. The number of fused-ring (bicyclic) bond motifs is 3. The summed E-state index contributed by atoms with van der Waals surface area (Å²) in [5.41, 5.74) is 11.3. The number of rotatable bonds is 14. The molecule has 1 saturated carbocycles. The molecule has 59 heavy (non-hydrogen) atoms. The second kappa shape index (κ2) is 17.7. The second-order valence-corrected chi connectivity index (χ2v) is 17.6. The summed E-state index contributed by atoms with van der Waals surface area (Å²) in [7, 11) is 0. The zero-order chi connectivity index (χ0) is 40.0. The van der Waals surface area contributed by atoms with Crippen LogP contribution >= 0.6 is 11.3 Å². The number of para-hydroxylation sites is 2. The molecule has 0 saturated heterocycles. The van der Waals surface area contributed by atoms with Crippen molar-refractivity contribution in [2.75, 3.05) is 9.80 Å². The molecular formula is C56H56N2S. The largest absolute Gasteiger partial charge is 0.311 e. The van der Waals surface area contributed by atoms with E-state index < -0.39 is 0 Å². The molecule has 3 heteroatoms. The van der Waals surface area contributed by atoms with Gasteiger partial charge in [0.1, 0.15) is 0 Å². The van der Waals surface area contributed by atoms with Gasteiger partial charge in [0.15, 0.2) is 0 Å². The summed E-state index contributed by atoms with van der Waals surface area (Å²) >= 11 is 1.91. The standard InChI is InChI=1S/C56H56N2S/c1-3-5-17-41-56(4-2,44-31-37-48(38-32-44)57(46-21-11-7-12-22-46)47-23-13-8-14-24-47)45-33-39-50(40-34-45)58(49-35-29-43(30-36-49)42-19-9-6-10-20-42)53-27-18-26-52-51-25-15-16-28-54(51)59-55(52)53/h7-8,11-16,18,21-40,42H,3-6,9-10,17,19-20,41H2,1-2H3. The molecule has 0 aliphatic heterocycles. The van der Waals surface area contributed by atoms with Gasteiger partial charge in [-0.15, -0.1) is 11.3 Å². The number of hydrogen-bond acceptors (Lipinski definition) is 3. The summed E-state index contributed by atoms with van der Waals surface area (Å²) in [6, 6.07) is 65.8. The Hall–Kier alpha value is -5.64. The first-order valence-electron chi connectivity index (χ1n) is 22.1. The molecule has 0 amide bonds. The van der Waals surface area contributed by atoms with Crippen LogP contribution < -0.4 is 9.80 Å². The predicted octanol–water partition coefficient (Wildman–Crippen LogP) is 17.3. The quantitative estimate of drug-likeness (QED) is 0.101. The highest BCUT2D eigenvalue weighted by atomic mass is 32.1. The van der Waals surface area contributed by atoms with E-state index in [0.29, 0.717) is 5.92 Å². The number of hydrogen-bond donors (Lipinski definition) is 0. The van der Waals surface area contributed by atoms with Gasteiger partial charge in [-0.05, 0) is 121 Å². The minimum atomic E-state index is -0.103. The van der Waals surface area contributed by atoms with Crippen LogP contribution in [0.25, 0.3) is 20.2 Å². The molecule has 1 unspecified atom stereocenters. The van der Waals surface area contributed by atoms with Gasteiger partial charge in [0.05, 0.1) is 10.4 Å². The number of unbranched alkanes of at least 4 members (excludes halogenated alkanes) is 2. The van der Waals surface area contributed by atoms with E-state index in [0.717, 1.165) is 24.2 Å². The van der Waals surface area contributed by atoms with Crippen molar-refractivity contribution in [1.29, 1.82) is 0 Å². The van der Waals surface area contributed by atoms with E-state index in [1.54, 1.807) is 0 Å². The third-order valence-corrected chi connectivity index (χ3v) is 14.3. The monoisotopic (exact) mass is 788 g/mol. The highest BCUT2D eigenvalue weighted by Gasteiger charge is 2.33. The van der Waals surface area contributed by atoms with Gasteiger partial charge in [-0.3, -0.25) is 0 Å². The van der Waals surface area contributed by atoms with Gasteiger partial charge in [-0.1, -0.05) is 156 Å². The predicted molar refractivity (Wildman–Crippen MR) is 256 cm³/mol. The molecule has 0 spiro atoms. The van der Waals surface area contributed by atoms with Gasteiger partial charge in [0.2, 0.25) is 0 Å². The Labute approximate surface area is 355 Å². The van der Waals surface area contributed by atoms with Crippen LogP contribution in [0.2, 0.25) is 0 Å². The fraction of sp³-hybridized carbons (Fsp3) is 0.250. The number of nitrogens with zero attached hydrogens (tertiary/aromatic N) is 2. The van der Waals surface area contributed by atoms with Crippen molar-refractivity contribution < 1.29 is 0 Å². The first kappa shape index (κ1) is 38.9. The zero-order valence-electron chi connectivity index (χ0n) is 34.7. The van der Waals surface area contributed by atoms with E-state index in [4.69, 9.17) is 0 Å². The average molecular weight is 789 g/mol. The summed E-state index contributed by atoms with van der Waals surface area (Å²) in [4.78, 5) is 4.87. The average Bonchev–Trinajstić information content (AvgIpc) is 3.70. The second-order valence-electron chi connectivity index (χ2n) is 16.5. The lowest BCUT2D eigenvalue weighted by Crippen LogP contribution is -2.27. The minimum Gasteiger partial charge on any atom is -0.311 e. The third kappa shape index (κ3) is 7.81. The Balaban J connectivity index is 1.12. The van der Waals surface area contributed by atoms with Gasteiger partial charge < -0.3 is 9.80 Å². The maximum Gasteiger partial charge on any atom is 0.0640 e. The van der Waals surface area contributed by atoms with Crippen LogP contribution in [-0.2, 0) is 5.41 Å². The molecule has 1 fully saturated rings. The van der Waals surface area contributed by atoms with Gasteiger partial charge in [-0.25, -0.2) is 0 Å². The van der Waals surface area contributed by atoms with Crippen LogP contribution in [0.4, 0.5) is 34.1 Å². The number of benzene rings is 7. The van der Waals surface area contributed by atoms with Crippen LogP contribution in [0.3, 0.4) is 0 Å². The molecule has 1 aromatic heterocycles. The van der Waals surface area contributed by atoms with Crippen molar-refractivity contribution >= 4 is 65.6 Å². The first-order valence-corrected chi connectivity index (χ1v) is 22.9. The zero-order valence-corrected chi connectivity index (χ0v) is 35.5. The fourth-order valence-corrected chi connectivity index (χ4v) is 11.1. The summed E-state index contributed by atoms with van der Waals surface area (Å²) in [6.07, 6.45) is 12.5. The molecule has 0 radical (unpaired) electrons. The summed E-state index contributed by atoms with van der Waals surface area (Å²) in [6.45, 7) is 4.70. The van der Waals surface area contributed by atoms with E-state index in [1.165, 1.54) is 111 Å². The SMILES string of the molecule is CCCCCC(CC)(c1ccc(N(c2ccccc2)c2ccccc2)cc1)c1ccc(N(c2ccc(C3CCCCC3)cc2)c2cccc3c2sc2ccccc23)cc1. The first-order chi connectivity index (χ1) is 29.2. The lowest BCUT2D eigenvalue weighted by atomic mass is 9.69. The molecule has 1 atom stereocenters. The Morgan fingerprint density at radius 2 is 1.02 bits per heavy atom. The Kier molecular flexibility index (Phi) is 11.7. The van der Waals surface area contributed by atoms with Crippen molar-refractivity contribution in [2.45, 2.75) is 89.4 Å². The number of thiophene rings is 1. The molecule has 2 nitrogen and oxygen atoms in total. The normalized spacial score (nSPS) is 14.3. The van der Waals surface area contributed by atoms with Crippen molar-refractivity contribution in [3.05, 3.63) is 193 Å². The Morgan fingerprint density at radius 1 is 0.492 bits per heavy atom. The third-order valence-electron chi connectivity index (χ3n) is 13.0. The Morgan fingerprint density at radius 3 is 1.61 bits per heavy atom. The molecule has 1 heterocycles. The number of anilines is 6. The maximum atomic E-state index is 2.51. The van der Waals surface area contributed by atoms with Gasteiger partial charge in [0, 0.05) is 49.3 Å². The van der Waals surface area contributed by atoms with E-state index in [1.807, 2.05) is 11.3 Å². The van der Waals surface area contributed by atoms with Gasteiger partial charge >= 0.3 is 0 Å². The maximum absolute atomic E-state index is 2.51. The molecule has 0 bridgehead atoms. The van der Waals surface area contributed by atoms with Crippen LogP contribution in [0.1, 0.15) is 101 Å². The van der Waals surface area contributed by atoms with Crippen molar-refractivity contribution in [3.63, 3.8) is 0 Å². The van der Waals surface area contributed by atoms with E-state index in [2.05, 4.69) is 200 Å². The molecule has 7 aromatic carbocycles. The summed E-state index contributed by atoms with van der Waals surface area (Å²) in [5.74, 6) is 0.681. The highest BCUT2D eigenvalue weighted by Crippen LogP contribution is 2.47. The summed E-state index contributed by atoms with van der Waals surface area (Å²) < 4.78 is 2.66. The van der Waals surface area contributed by atoms with Crippen molar-refractivity contribution in [1.82, 2.24) is 0 Å². The van der Waals surface area contributed by atoms with Gasteiger partial charge in [-0.2, -0.15) is 0 Å². The van der Waals surface area contributed by atoms with Crippen LogP contribution in [0, 0.1) is 0 Å².